The summed E-state index contributed by atoms with van der Waals surface area (Å²) in [4.78, 5) is 0. The molecule has 0 saturated heterocycles. The molecule has 2 rings (SSSR count). The minimum atomic E-state index is -3.26. The van der Waals surface area contributed by atoms with Crippen LogP contribution >= 0.6 is 15.9 Å². The van der Waals surface area contributed by atoms with Crippen LogP contribution in [0.3, 0.4) is 0 Å². The first-order chi connectivity index (χ1) is 9.02. The van der Waals surface area contributed by atoms with Gasteiger partial charge < -0.3 is 10.1 Å². The molecule has 5 nitrogen and oxygen atoms in total. The fourth-order valence-corrected chi connectivity index (χ4v) is 3.52. The van der Waals surface area contributed by atoms with Crippen molar-refractivity contribution in [1.82, 2.24) is 10.0 Å². The van der Waals surface area contributed by atoms with Gasteiger partial charge in [-0.2, -0.15) is 0 Å². The first-order valence-electron chi connectivity index (χ1n) is 6.08. The highest BCUT2D eigenvalue weighted by molar-refractivity contribution is 9.10. The highest BCUT2D eigenvalue weighted by Gasteiger charge is 2.18. The SMILES string of the molecule is CNCCS(=O)(=O)NCc1cc(Br)cc2c1OCC2. The Morgan fingerprint density at radius 1 is 1.42 bits per heavy atom. The van der Waals surface area contributed by atoms with E-state index in [1.807, 2.05) is 12.1 Å². The molecule has 1 aliphatic rings. The zero-order chi connectivity index (χ0) is 13.9. The molecule has 106 valence electrons. The molecule has 0 fully saturated rings. The van der Waals surface area contributed by atoms with Gasteiger partial charge in [0.1, 0.15) is 5.75 Å². The lowest BCUT2D eigenvalue weighted by atomic mass is 10.1. The van der Waals surface area contributed by atoms with Crippen molar-refractivity contribution in [3.8, 4) is 5.75 Å². The Hall–Kier alpha value is -0.630. The molecule has 0 saturated carbocycles. The smallest absolute Gasteiger partial charge is 0.213 e. The molecule has 0 aliphatic carbocycles. The van der Waals surface area contributed by atoms with Crippen molar-refractivity contribution in [2.45, 2.75) is 13.0 Å². The lowest BCUT2D eigenvalue weighted by Gasteiger charge is -2.11. The van der Waals surface area contributed by atoms with Gasteiger partial charge in [-0.15, -0.1) is 0 Å². The summed E-state index contributed by atoms with van der Waals surface area (Å²) >= 11 is 3.44. The van der Waals surface area contributed by atoms with Crippen molar-refractivity contribution in [2.75, 3.05) is 26.0 Å². The zero-order valence-electron chi connectivity index (χ0n) is 10.7. The van der Waals surface area contributed by atoms with E-state index in [1.54, 1.807) is 7.05 Å². The molecule has 1 aromatic carbocycles. The molecule has 0 aromatic heterocycles. The van der Waals surface area contributed by atoms with E-state index in [-0.39, 0.29) is 12.3 Å². The number of halogens is 1. The van der Waals surface area contributed by atoms with E-state index in [2.05, 4.69) is 26.0 Å². The monoisotopic (exact) mass is 348 g/mol. The topological polar surface area (TPSA) is 67.4 Å². The van der Waals surface area contributed by atoms with Crippen molar-refractivity contribution in [2.24, 2.45) is 0 Å². The maximum absolute atomic E-state index is 11.7. The predicted molar refractivity (Wildman–Crippen MR) is 77.9 cm³/mol. The number of nitrogens with one attached hydrogen (secondary N) is 2. The molecule has 1 aliphatic heterocycles. The standard InChI is InChI=1S/C12H17BrN2O3S/c1-14-3-5-19(16,17)15-8-10-7-11(13)6-9-2-4-18-12(9)10/h6-7,14-15H,2-5,8H2,1H3. The van der Waals surface area contributed by atoms with E-state index < -0.39 is 10.0 Å². The quantitative estimate of drug-likeness (QED) is 0.805. The molecule has 1 heterocycles. The summed E-state index contributed by atoms with van der Waals surface area (Å²) in [7, 11) is -1.53. The van der Waals surface area contributed by atoms with Gasteiger partial charge in [0.15, 0.2) is 0 Å². The van der Waals surface area contributed by atoms with E-state index in [1.165, 1.54) is 0 Å². The van der Waals surface area contributed by atoms with Crippen LogP contribution < -0.4 is 14.8 Å². The number of ether oxygens (including phenoxy) is 1. The molecule has 0 radical (unpaired) electrons. The Morgan fingerprint density at radius 2 is 2.21 bits per heavy atom. The van der Waals surface area contributed by atoms with E-state index in [9.17, 15) is 8.42 Å². The molecular weight excluding hydrogens is 332 g/mol. The van der Waals surface area contributed by atoms with Crippen LogP contribution in [0.25, 0.3) is 0 Å². The van der Waals surface area contributed by atoms with Gasteiger partial charge in [-0.05, 0) is 24.7 Å². The fourth-order valence-electron chi connectivity index (χ4n) is 1.97. The molecular formula is C12H17BrN2O3S. The lowest BCUT2D eigenvalue weighted by Crippen LogP contribution is -2.30. The summed E-state index contributed by atoms with van der Waals surface area (Å²) < 4.78 is 32.6. The van der Waals surface area contributed by atoms with Gasteiger partial charge in [-0.25, -0.2) is 13.1 Å². The maximum Gasteiger partial charge on any atom is 0.213 e. The highest BCUT2D eigenvalue weighted by Crippen LogP contribution is 2.32. The Labute approximate surface area is 121 Å². The van der Waals surface area contributed by atoms with Crippen LogP contribution in [0.4, 0.5) is 0 Å². The third kappa shape index (κ3) is 3.92. The van der Waals surface area contributed by atoms with Crippen molar-refractivity contribution in [3.63, 3.8) is 0 Å². The second kappa shape index (κ2) is 6.21. The van der Waals surface area contributed by atoms with Gasteiger partial charge >= 0.3 is 0 Å². The van der Waals surface area contributed by atoms with Gasteiger partial charge in [0, 0.05) is 29.5 Å². The molecule has 0 atom stereocenters. The molecule has 7 heteroatoms. The average Bonchev–Trinajstić information content (AvgIpc) is 2.81. The fraction of sp³-hybridized carbons (Fsp3) is 0.500. The minimum Gasteiger partial charge on any atom is -0.493 e. The van der Waals surface area contributed by atoms with Crippen LogP contribution in [0.1, 0.15) is 11.1 Å². The van der Waals surface area contributed by atoms with Gasteiger partial charge in [0.2, 0.25) is 10.0 Å². The average molecular weight is 349 g/mol. The summed E-state index contributed by atoms with van der Waals surface area (Å²) in [5, 5.41) is 2.82. The summed E-state index contributed by atoms with van der Waals surface area (Å²) in [5.74, 6) is 0.889. The second-order valence-electron chi connectivity index (χ2n) is 4.40. The first-order valence-corrected chi connectivity index (χ1v) is 8.52. The Bertz CT molecular complexity index is 560. The Morgan fingerprint density at radius 3 is 2.95 bits per heavy atom. The molecule has 0 amide bonds. The highest BCUT2D eigenvalue weighted by atomic mass is 79.9. The summed E-state index contributed by atoms with van der Waals surface area (Å²) in [6.45, 7) is 1.35. The normalized spacial score (nSPS) is 14.2. The third-order valence-corrected chi connectivity index (χ3v) is 4.71. The van der Waals surface area contributed by atoms with Crippen LogP contribution in [-0.4, -0.2) is 34.4 Å². The van der Waals surface area contributed by atoms with Crippen molar-refractivity contribution >= 4 is 26.0 Å². The number of rotatable bonds is 6. The van der Waals surface area contributed by atoms with Crippen LogP contribution in [0.15, 0.2) is 16.6 Å². The van der Waals surface area contributed by atoms with Crippen molar-refractivity contribution in [3.05, 3.63) is 27.7 Å². The number of fused-ring (bicyclic) bond motifs is 1. The van der Waals surface area contributed by atoms with Crippen LogP contribution in [0.2, 0.25) is 0 Å². The largest absolute Gasteiger partial charge is 0.493 e. The van der Waals surface area contributed by atoms with Crippen LogP contribution in [0, 0.1) is 0 Å². The molecule has 0 bridgehead atoms. The second-order valence-corrected chi connectivity index (χ2v) is 7.24. The van der Waals surface area contributed by atoms with E-state index in [0.717, 1.165) is 27.8 Å². The van der Waals surface area contributed by atoms with E-state index in [4.69, 9.17) is 4.74 Å². The van der Waals surface area contributed by atoms with Crippen molar-refractivity contribution < 1.29 is 13.2 Å². The number of hydrogen-bond donors (Lipinski definition) is 2. The molecule has 1 aromatic rings. The van der Waals surface area contributed by atoms with Gasteiger partial charge in [0.05, 0.1) is 12.4 Å². The Kier molecular flexibility index (Phi) is 4.83. The minimum absolute atomic E-state index is 0.0700. The van der Waals surface area contributed by atoms with Crippen molar-refractivity contribution in [1.29, 1.82) is 0 Å². The maximum atomic E-state index is 11.7. The molecule has 0 spiro atoms. The molecule has 19 heavy (non-hydrogen) atoms. The molecule has 0 unspecified atom stereocenters. The Balaban J connectivity index is 2.08. The number of hydrogen-bond acceptors (Lipinski definition) is 4. The van der Waals surface area contributed by atoms with E-state index >= 15 is 0 Å². The van der Waals surface area contributed by atoms with Crippen LogP contribution in [0.5, 0.6) is 5.75 Å². The summed E-state index contributed by atoms with van der Waals surface area (Å²) in [6, 6.07) is 3.91. The lowest BCUT2D eigenvalue weighted by molar-refractivity contribution is 0.353. The van der Waals surface area contributed by atoms with Gasteiger partial charge in [0.25, 0.3) is 0 Å². The summed E-state index contributed by atoms with van der Waals surface area (Å²) in [5.41, 5.74) is 1.99. The third-order valence-electron chi connectivity index (χ3n) is 2.93. The predicted octanol–water partition coefficient (Wildman–Crippen LogP) is 1.02. The van der Waals surface area contributed by atoms with Gasteiger partial charge in [-0.1, -0.05) is 15.9 Å². The summed E-state index contributed by atoms with van der Waals surface area (Å²) in [6.07, 6.45) is 0.869. The first kappa shape index (κ1) is 14.8. The zero-order valence-corrected chi connectivity index (χ0v) is 13.1. The van der Waals surface area contributed by atoms with Gasteiger partial charge in [-0.3, -0.25) is 0 Å². The van der Waals surface area contributed by atoms with E-state index in [0.29, 0.717) is 13.2 Å². The molecule has 2 N–H and O–H groups in total. The number of sulfonamides is 1. The number of benzene rings is 1. The van der Waals surface area contributed by atoms with Crippen LogP contribution in [-0.2, 0) is 23.0 Å².